The van der Waals surface area contributed by atoms with Crippen molar-refractivity contribution in [3.8, 4) is 5.75 Å². The third kappa shape index (κ3) is 13.3. The van der Waals surface area contributed by atoms with Gasteiger partial charge in [-0.25, -0.2) is 4.79 Å². The van der Waals surface area contributed by atoms with Crippen molar-refractivity contribution in [3.05, 3.63) is 29.3 Å². The molecule has 1 aromatic rings. The molecule has 0 aliphatic carbocycles. The molecule has 0 unspecified atom stereocenters. The fourth-order valence-corrected chi connectivity index (χ4v) is 0.939. The highest BCUT2D eigenvalue weighted by atomic mass is 35.5. The van der Waals surface area contributed by atoms with E-state index in [2.05, 4.69) is 25.1 Å². The quantitative estimate of drug-likeness (QED) is 0.363. The number of aliphatic hydroxyl groups is 2. The van der Waals surface area contributed by atoms with Crippen molar-refractivity contribution >= 4 is 17.6 Å². The maximum absolute atomic E-state index is 10.3. The molecule has 0 heterocycles. The second kappa shape index (κ2) is 13.6. The highest BCUT2D eigenvalue weighted by molar-refractivity contribution is 6.30. The Balaban J connectivity index is 0.000000400. The highest BCUT2D eigenvalue weighted by Crippen LogP contribution is 2.15. The molecule has 0 atom stereocenters. The van der Waals surface area contributed by atoms with E-state index < -0.39 is 5.97 Å². The van der Waals surface area contributed by atoms with E-state index >= 15 is 0 Å². The summed E-state index contributed by atoms with van der Waals surface area (Å²) in [6.45, 7) is 1.48. The molecule has 0 amide bonds. The van der Waals surface area contributed by atoms with Crippen LogP contribution in [0.5, 0.6) is 5.75 Å². The Morgan fingerprint density at radius 1 is 1.14 bits per heavy atom. The molecule has 0 radical (unpaired) electrons. The first-order chi connectivity index (χ1) is 10.1. The van der Waals surface area contributed by atoms with Crippen molar-refractivity contribution < 1.29 is 34.5 Å². The lowest BCUT2D eigenvalue weighted by Crippen LogP contribution is -2.19. The Kier molecular flexibility index (Phi) is 12.6. The summed E-state index contributed by atoms with van der Waals surface area (Å²) in [5, 5.41) is 16.9. The molecule has 9 heteroatoms. The van der Waals surface area contributed by atoms with Gasteiger partial charge in [-0.1, -0.05) is 17.2 Å². The van der Waals surface area contributed by atoms with Crippen LogP contribution in [0.15, 0.2) is 24.3 Å². The molecule has 3 N–H and O–H groups in total. The second-order valence-electron chi connectivity index (χ2n) is 3.34. The van der Waals surface area contributed by atoms with Gasteiger partial charge in [0.2, 0.25) is 0 Å². The average Bonchev–Trinajstić information content (AvgIpc) is 2.47. The Morgan fingerprint density at radius 3 is 2.10 bits per heavy atom. The standard InChI is InChI=1S/C8H7ClO3.C4H11NO4/c1-6(10)11-12-8-4-2-7(9)3-5-8;6-1-3-8-5-9-4-2-7/h2-5H,1H3;5-7H,1-4H2. The summed E-state index contributed by atoms with van der Waals surface area (Å²) in [5.41, 5.74) is 2.07. The van der Waals surface area contributed by atoms with Gasteiger partial charge >= 0.3 is 5.97 Å². The number of hydrogen-bond donors (Lipinski definition) is 3. The number of aliphatic hydroxyl groups excluding tert-OH is 2. The number of nitrogens with one attached hydrogen (secondary N) is 1. The lowest BCUT2D eigenvalue weighted by atomic mass is 10.3. The second-order valence-corrected chi connectivity index (χ2v) is 3.78. The van der Waals surface area contributed by atoms with E-state index in [9.17, 15) is 4.79 Å². The highest BCUT2D eigenvalue weighted by Gasteiger charge is 1.96. The Morgan fingerprint density at radius 2 is 1.67 bits per heavy atom. The van der Waals surface area contributed by atoms with Crippen LogP contribution in [0.4, 0.5) is 0 Å². The molecule has 0 saturated heterocycles. The van der Waals surface area contributed by atoms with E-state index in [1.54, 1.807) is 24.3 Å². The van der Waals surface area contributed by atoms with Crippen LogP contribution in [0.1, 0.15) is 6.92 Å². The molecule has 0 aliphatic heterocycles. The van der Waals surface area contributed by atoms with E-state index in [-0.39, 0.29) is 26.4 Å². The summed E-state index contributed by atoms with van der Waals surface area (Å²) in [6.07, 6.45) is 0. The molecule has 8 nitrogen and oxygen atoms in total. The third-order valence-electron chi connectivity index (χ3n) is 1.57. The predicted molar refractivity (Wildman–Crippen MR) is 73.1 cm³/mol. The molecule has 0 bridgehead atoms. The number of carbonyl (C=O) groups is 1. The van der Waals surface area contributed by atoms with Crippen molar-refractivity contribution in [1.29, 1.82) is 0 Å². The SMILES string of the molecule is CC(=O)OOc1ccc(Cl)cc1.OCCONOCCO. The van der Waals surface area contributed by atoms with Gasteiger partial charge in [0, 0.05) is 11.9 Å². The van der Waals surface area contributed by atoms with Gasteiger partial charge in [-0.05, 0) is 24.3 Å². The van der Waals surface area contributed by atoms with Crippen LogP contribution in [0.2, 0.25) is 5.02 Å². The Labute approximate surface area is 127 Å². The van der Waals surface area contributed by atoms with Crippen molar-refractivity contribution in [2.45, 2.75) is 6.92 Å². The molecule has 0 aliphatic rings. The van der Waals surface area contributed by atoms with Crippen LogP contribution >= 0.6 is 11.6 Å². The number of hydrogen-bond acceptors (Lipinski definition) is 8. The Bertz CT molecular complexity index is 368. The lowest BCUT2D eigenvalue weighted by molar-refractivity contribution is -0.210. The zero-order chi connectivity index (χ0) is 15.9. The van der Waals surface area contributed by atoms with Crippen LogP contribution < -0.4 is 10.5 Å². The smallest absolute Gasteiger partial charge is 0.352 e. The van der Waals surface area contributed by atoms with Crippen LogP contribution in [0.3, 0.4) is 0 Å². The summed E-state index contributed by atoms with van der Waals surface area (Å²) in [5.74, 6) is -0.0560. The molecular formula is C12H18ClNO7. The van der Waals surface area contributed by atoms with Crippen LogP contribution in [-0.4, -0.2) is 42.6 Å². The summed E-state index contributed by atoms with van der Waals surface area (Å²) in [7, 11) is 0. The maximum Gasteiger partial charge on any atom is 0.352 e. The Hall–Kier alpha value is -1.42. The van der Waals surface area contributed by atoms with Crippen molar-refractivity contribution in [3.63, 3.8) is 0 Å². The van der Waals surface area contributed by atoms with Crippen LogP contribution in [0.25, 0.3) is 0 Å². The van der Waals surface area contributed by atoms with E-state index in [1.807, 2.05) is 0 Å². The molecule has 0 fully saturated rings. The maximum atomic E-state index is 10.3. The molecule has 0 aromatic heterocycles. The minimum Gasteiger partial charge on any atom is -0.394 e. The summed E-state index contributed by atoms with van der Waals surface area (Å²) in [6, 6.07) is 6.48. The molecule has 1 rings (SSSR count). The predicted octanol–water partition coefficient (Wildman–Crippen LogP) is 0.621. The molecular weight excluding hydrogens is 306 g/mol. The average molecular weight is 324 g/mol. The van der Waals surface area contributed by atoms with Gasteiger partial charge in [-0.15, -0.1) is 0 Å². The van der Waals surface area contributed by atoms with Crippen molar-refractivity contribution in [2.75, 3.05) is 26.4 Å². The van der Waals surface area contributed by atoms with E-state index in [4.69, 9.17) is 21.8 Å². The largest absolute Gasteiger partial charge is 0.394 e. The third-order valence-corrected chi connectivity index (χ3v) is 1.83. The monoisotopic (exact) mass is 323 g/mol. The van der Waals surface area contributed by atoms with Crippen molar-refractivity contribution in [2.24, 2.45) is 0 Å². The van der Waals surface area contributed by atoms with E-state index in [1.165, 1.54) is 6.92 Å². The topological polar surface area (TPSA) is 106 Å². The number of rotatable bonds is 8. The van der Waals surface area contributed by atoms with Crippen LogP contribution in [0, 0.1) is 0 Å². The van der Waals surface area contributed by atoms with Gasteiger partial charge in [-0.3, -0.25) is 19.5 Å². The van der Waals surface area contributed by atoms with Gasteiger partial charge in [-0.2, -0.15) is 0 Å². The fourth-order valence-electron chi connectivity index (χ4n) is 0.813. The first-order valence-corrected chi connectivity index (χ1v) is 6.29. The molecule has 0 spiro atoms. The zero-order valence-corrected chi connectivity index (χ0v) is 12.2. The number of carbonyl (C=O) groups excluding carboxylic acids is 1. The molecule has 21 heavy (non-hydrogen) atoms. The van der Waals surface area contributed by atoms with Gasteiger partial charge in [0.05, 0.1) is 26.4 Å². The summed E-state index contributed by atoms with van der Waals surface area (Å²) in [4.78, 5) is 28.1. The number of benzene rings is 1. The van der Waals surface area contributed by atoms with E-state index in [0.717, 1.165) is 0 Å². The van der Waals surface area contributed by atoms with Gasteiger partial charge in [0.25, 0.3) is 0 Å². The van der Waals surface area contributed by atoms with Crippen LogP contribution in [-0.2, 0) is 19.4 Å². The first-order valence-electron chi connectivity index (χ1n) is 5.91. The zero-order valence-electron chi connectivity index (χ0n) is 11.5. The van der Waals surface area contributed by atoms with Crippen molar-refractivity contribution in [1.82, 2.24) is 5.64 Å². The van der Waals surface area contributed by atoms with Gasteiger partial charge in [0.1, 0.15) is 0 Å². The van der Waals surface area contributed by atoms with E-state index in [0.29, 0.717) is 10.8 Å². The molecule has 120 valence electrons. The minimum absolute atomic E-state index is 0.0600. The number of halogens is 1. The van der Waals surface area contributed by atoms with Gasteiger partial charge in [0.15, 0.2) is 5.75 Å². The lowest BCUT2D eigenvalue weighted by Gasteiger charge is -2.01. The normalized spacial score (nSPS) is 9.52. The van der Waals surface area contributed by atoms with Gasteiger partial charge < -0.3 is 10.2 Å². The summed E-state index contributed by atoms with van der Waals surface area (Å²) >= 11 is 5.61. The minimum atomic E-state index is -0.495. The fraction of sp³-hybridized carbons (Fsp3) is 0.417. The molecule has 0 saturated carbocycles. The first kappa shape index (κ1) is 19.6. The molecule has 1 aromatic carbocycles. The summed E-state index contributed by atoms with van der Waals surface area (Å²) < 4.78 is 0.